The summed E-state index contributed by atoms with van der Waals surface area (Å²) >= 11 is 0. The van der Waals surface area contributed by atoms with E-state index in [2.05, 4.69) is 41.6 Å². The van der Waals surface area contributed by atoms with Crippen molar-refractivity contribution in [2.24, 2.45) is 13.0 Å². The first-order chi connectivity index (χ1) is 31.9. The third-order valence-electron chi connectivity index (χ3n) is 14.5. The summed E-state index contributed by atoms with van der Waals surface area (Å²) in [6, 6.07) is 7.74. The molecule has 0 radical (unpaired) electrons. The lowest BCUT2D eigenvalue weighted by Crippen LogP contribution is -2.54. The number of carbonyl (C=O) groups excluding carboxylic acids is 5. The number of alkyl halides is 2. The Morgan fingerprint density at radius 2 is 1.70 bits per heavy atom. The maximum Gasteiger partial charge on any atom is 0.264 e. The Morgan fingerprint density at radius 1 is 0.909 bits per heavy atom. The molecule has 5 amide bonds. The number of fused-ring (bicyclic) bond motifs is 3. The van der Waals surface area contributed by atoms with Crippen molar-refractivity contribution in [3.8, 4) is 23.0 Å². The quantitative estimate of drug-likeness (QED) is 0.189. The Labute approximate surface area is 382 Å². The monoisotopic (exact) mass is 900 g/mol. The summed E-state index contributed by atoms with van der Waals surface area (Å²) in [7, 11) is 1.78. The van der Waals surface area contributed by atoms with Crippen molar-refractivity contribution in [1.82, 2.24) is 44.5 Å². The SMILES string of the molecule is CC(=O)N1CCc2c(c(N3CCCc4cc(-c5cnn(C)c5)c(C(F)F)cc43)nn2C2CCN(CC3CCN(CC#Cc4cccc5c4C(=O)N(C4CCC(=O)NC4=O)C5=O)CC3)CC2)C1. The molecule has 15 nitrogen and oxygen atoms in total. The fraction of sp³-hybridized carbons (Fsp3) is 0.490. The minimum atomic E-state index is -2.67. The van der Waals surface area contributed by atoms with Crippen molar-refractivity contribution >= 4 is 41.0 Å². The molecule has 1 unspecified atom stereocenters. The third kappa shape index (κ3) is 8.18. The largest absolute Gasteiger partial charge is 0.338 e. The number of amides is 5. The third-order valence-corrected chi connectivity index (χ3v) is 14.5. The Bertz CT molecular complexity index is 2680. The maximum absolute atomic E-state index is 14.7. The van der Waals surface area contributed by atoms with E-state index in [4.69, 9.17) is 5.10 Å². The number of anilines is 2. The number of hydrogen-bond donors (Lipinski definition) is 1. The van der Waals surface area contributed by atoms with E-state index in [1.807, 2.05) is 11.0 Å². The van der Waals surface area contributed by atoms with Gasteiger partial charge in [0.1, 0.15) is 6.04 Å². The van der Waals surface area contributed by atoms with Crippen molar-refractivity contribution in [3.05, 3.63) is 81.8 Å². The molecule has 10 rings (SSSR count). The van der Waals surface area contributed by atoms with Gasteiger partial charge in [-0.3, -0.25) is 48.5 Å². The van der Waals surface area contributed by atoms with E-state index >= 15 is 0 Å². The van der Waals surface area contributed by atoms with Gasteiger partial charge in [-0.15, -0.1) is 0 Å². The number of rotatable bonds is 8. The van der Waals surface area contributed by atoms with Crippen molar-refractivity contribution < 1.29 is 32.8 Å². The lowest BCUT2D eigenvalue weighted by atomic mass is 9.92. The summed E-state index contributed by atoms with van der Waals surface area (Å²) in [4.78, 5) is 73.5. The van der Waals surface area contributed by atoms with Gasteiger partial charge in [0.15, 0.2) is 5.82 Å². The molecule has 3 saturated heterocycles. The average molecular weight is 901 g/mol. The molecule has 2 aromatic carbocycles. The summed E-state index contributed by atoms with van der Waals surface area (Å²) in [6.07, 6.45) is 7.22. The molecule has 2 aromatic heterocycles. The van der Waals surface area contributed by atoms with Crippen molar-refractivity contribution in [2.45, 2.75) is 89.8 Å². The van der Waals surface area contributed by atoms with Crippen LogP contribution in [-0.4, -0.2) is 127 Å². The van der Waals surface area contributed by atoms with Gasteiger partial charge in [-0.25, -0.2) is 8.78 Å². The van der Waals surface area contributed by atoms with Gasteiger partial charge in [-0.2, -0.15) is 10.2 Å². The van der Waals surface area contributed by atoms with Crippen LogP contribution in [0.3, 0.4) is 0 Å². The molecule has 1 atom stereocenters. The molecular weight excluding hydrogens is 847 g/mol. The van der Waals surface area contributed by atoms with Gasteiger partial charge in [0.2, 0.25) is 17.7 Å². The number of imide groups is 2. The molecule has 3 fully saturated rings. The smallest absolute Gasteiger partial charge is 0.264 e. The second-order valence-corrected chi connectivity index (χ2v) is 18.6. The van der Waals surface area contributed by atoms with Gasteiger partial charge < -0.3 is 14.7 Å². The predicted molar refractivity (Wildman–Crippen MR) is 240 cm³/mol. The van der Waals surface area contributed by atoms with Crippen LogP contribution in [0.2, 0.25) is 0 Å². The van der Waals surface area contributed by atoms with Gasteiger partial charge in [0, 0.05) is 99.4 Å². The number of benzene rings is 2. The minimum absolute atomic E-state index is 0.0136. The second-order valence-electron chi connectivity index (χ2n) is 18.6. The molecule has 0 spiro atoms. The molecule has 344 valence electrons. The van der Waals surface area contributed by atoms with Crippen LogP contribution in [0, 0.1) is 17.8 Å². The molecule has 17 heteroatoms. The van der Waals surface area contributed by atoms with Gasteiger partial charge in [0.25, 0.3) is 18.2 Å². The Balaban J connectivity index is 0.773. The van der Waals surface area contributed by atoms with E-state index in [9.17, 15) is 32.8 Å². The summed E-state index contributed by atoms with van der Waals surface area (Å²) < 4.78 is 33.3. The summed E-state index contributed by atoms with van der Waals surface area (Å²) in [6.45, 7) is 8.60. The van der Waals surface area contributed by atoms with E-state index in [0.29, 0.717) is 55.2 Å². The van der Waals surface area contributed by atoms with Gasteiger partial charge >= 0.3 is 0 Å². The predicted octanol–water partition coefficient (Wildman–Crippen LogP) is 5.01. The first-order valence-electron chi connectivity index (χ1n) is 23.3. The first kappa shape index (κ1) is 43.6. The van der Waals surface area contributed by atoms with Crippen molar-refractivity contribution in [2.75, 3.05) is 57.3 Å². The van der Waals surface area contributed by atoms with E-state index in [-0.39, 0.29) is 41.5 Å². The molecule has 0 aliphatic carbocycles. The standard InChI is InChI=1S/C49H54F2N10O5/c1-30(62)58-23-16-40-39(29-58)46(59-18-5-8-33-24-37(34-26-52-55(2)28-34)38(45(50)51)25-42(33)59)54-61(40)35-14-21-57(22-15-35)27-31-12-19-56(20-13-31)17-4-7-32-6-3-9-36-44(32)49(66)60(48(36)65)41-10-11-43(63)53-47(41)64/h3,6,9,24-26,28,31,35,41,45H,5,8,10-23,27,29H2,1-2H3,(H,53,63,64). The van der Waals surface area contributed by atoms with E-state index in [1.165, 1.54) is 0 Å². The number of hydrogen-bond acceptors (Lipinski definition) is 10. The molecular formula is C49H54F2N10O5. The lowest BCUT2D eigenvalue weighted by Gasteiger charge is -2.38. The fourth-order valence-corrected chi connectivity index (χ4v) is 11.0. The number of carbonyl (C=O) groups is 5. The van der Waals surface area contributed by atoms with Crippen LogP contribution < -0.4 is 10.2 Å². The molecule has 0 bridgehead atoms. The van der Waals surface area contributed by atoms with Gasteiger partial charge in [-0.05, 0) is 99.3 Å². The number of aryl methyl sites for hydroxylation is 2. The van der Waals surface area contributed by atoms with Crippen LogP contribution in [0.15, 0.2) is 42.7 Å². The number of likely N-dealkylation sites (tertiary alicyclic amines) is 2. The van der Waals surface area contributed by atoms with Crippen LogP contribution >= 0.6 is 0 Å². The van der Waals surface area contributed by atoms with Crippen LogP contribution in [0.25, 0.3) is 11.1 Å². The van der Waals surface area contributed by atoms with Gasteiger partial charge in [0.05, 0.1) is 36.5 Å². The summed E-state index contributed by atoms with van der Waals surface area (Å²) in [5.74, 6) is 5.57. The van der Waals surface area contributed by atoms with Crippen LogP contribution in [0.1, 0.15) is 113 Å². The number of nitrogens with one attached hydrogen (secondary N) is 1. The molecule has 0 saturated carbocycles. The van der Waals surface area contributed by atoms with E-state index in [0.717, 1.165) is 104 Å². The summed E-state index contributed by atoms with van der Waals surface area (Å²) in [5, 5.41) is 11.8. The fourth-order valence-electron chi connectivity index (χ4n) is 11.0. The highest BCUT2D eigenvalue weighted by Gasteiger charge is 2.45. The average Bonchev–Trinajstić information content (AvgIpc) is 3.99. The zero-order valence-corrected chi connectivity index (χ0v) is 37.4. The zero-order valence-electron chi connectivity index (χ0n) is 37.4. The maximum atomic E-state index is 14.7. The Hall–Kier alpha value is -6.25. The lowest BCUT2D eigenvalue weighted by molar-refractivity contribution is -0.136. The van der Waals surface area contributed by atoms with Gasteiger partial charge in [-0.1, -0.05) is 17.9 Å². The van der Waals surface area contributed by atoms with Crippen LogP contribution in [0.4, 0.5) is 20.3 Å². The molecule has 1 N–H and O–H groups in total. The second kappa shape index (κ2) is 17.9. The van der Waals surface area contributed by atoms with Crippen LogP contribution in [-0.2, 0) is 40.8 Å². The highest BCUT2D eigenvalue weighted by Crippen LogP contribution is 2.44. The molecule has 66 heavy (non-hydrogen) atoms. The molecule has 4 aromatic rings. The van der Waals surface area contributed by atoms with Crippen molar-refractivity contribution in [3.63, 3.8) is 0 Å². The molecule has 6 aliphatic heterocycles. The van der Waals surface area contributed by atoms with E-state index in [1.54, 1.807) is 55.3 Å². The number of aromatic nitrogens is 4. The first-order valence-corrected chi connectivity index (χ1v) is 23.3. The number of piperidine rings is 3. The zero-order chi connectivity index (χ0) is 45.8. The molecule has 8 heterocycles. The van der Waals surface area contributed by atoms with E-state index < -0.39 is 36.1 Å². The Morgan fingerprint density at radius 3 is 2.42 bits per heavy atom. The van der Waals surface area contributed by atoms with Crippen molar-refractivity contribution in [1.29, 1.82) is 0 Å². The highest BCUT2D eigenvalue weighted by atomic mass is 19.3. The molecule has 6 aliphatic rings. The highest BCUT2D eigenvalue weighted by molar-refractivity contribution is 6.24. The topological polar surface area (TPSA) is 149 Å². The van der Waals surface area contributed by atoms with Crippen LogP contribution in [0.5, 0.6) is 0 Å². The number of nitrogens with zero attached hydrogens (tertiary/aromatic N) is 9. The Kier molecular flexibility index (Phi) is 11.8. The normalized spacial score (nSPS) is 20.9. The minimum Gasteiger partial charge on any atom is -0.338 e. The summed E-state index contributed by atoms with van der Waals surface area (Å²) in [5.41, 5.74) is 5.98. The number of halogens is 2.